The van der Waals surface area contributed by atoms with Crippen LogP contribution in [0.4, 0.5) is 4.79 Å². The number of esters is 2. The van der Waals surface area contributed by atoms with Crippen molar-refractivity contribution in [1.82, 2.24) is 10.6 Å². The van der Waals surface area contributed by atoms with E-state index in [1.807, 2.05) is 0 Å². The van der Waals surface area contributed by atoms with Crippen molar-refractivity contribution in [3.63, 3.8) is 0 Å². The number of hydrogen-bond donors (Lipinski definition) is 2. The van der Waals surface area contributed by atoms with Crippen molar-refractivity contribution in [1.29, 1.82) is 0 Å². The normalized spacial score (nSPS) is 16.4. The fourth-order valence-electron chi connectivity index (χ4n) is 2.42. The van der Waals surface area contributed by atoms with Crippen molar-refractivity contribution in [2.75, 3.05) is 13.2 Å². The van der Waals surface area contributed by atoms with E-state index < -0.39 is 24.0 Å². The van der Waals surface area contributed by atoms with Crippen molar-refractivity contribution < 1.29 is 28.7 Å². The third kappa shape index (κ3) is 5.80. The fraction of sp³-hybridized carbons (Fsp3) is 0.412. The second-order valence-corrected chi connectivity index (χ2v) is 7.34. The van der Waals surface area contributed by atoms with Crippen LogP contribution in [-0.2, 0) is 19.1 Å². The van der Waals surface area contributed by atoms with Crippen LogP contribution in [0.3, 0.4) is 0 Å². The van der Waals surface area contributed by atoms with Gasteiger partial charge in [-0.25, -0.2) is 9.59 Å². The van der Waals surface area contributed by atoms with Crippen LogP contribution in [0.2, 0.25) is 4.34 Å². The summed E-state index contributed by atoms with van der Waals surface area (Å²) in [4.78, 5) is 48.1. The first kappa shape index (κ1) is 20.9. The van der Waals surface area contributed by atoms with Gasteiger partial charge in [-0.1, -0.05) is 11.6 Å². The van der Waals surface area contributed by atoms with E-state index in [9.17, 15) is 19.2 Å². The quantitative estimate of drug-likeness (QED) is 0.499. The van der Waals surface area contributed by atoms with Gasteiger partial charge in [-0.15, -0.1) is 11.3 Å². The Morgan fingerprint density at radius 2 is 1.96 bits per heavy atom. The van der Waals surface area contributed by atoms with Gasteiger partial charge >= 0.3 is 18.0 Å². The number of nitrogens with one attached hydrogen (secondary N) is 2. The lowest BCUT2D eigenvalue weighted by Gasteiger charge is -2.26. The van der Waals surface area contributed by atoms with Crippen molar-refractivity contribution in [3.8, 4) is 0 Å². The van der Waals surface area contributed by atoms with Crippen molar-refractivity contribution >= 4 is 46.7 Å². The number of halogens is 1. The van der Waals surface area contributed by atoms with E-state index in [-0.39, 0.29) is 43.1 Å². The molecule has 0 spiro atoms. The lowest BCUT2D eigenvalue weighted by Crippen LogP contribution is -2.50. The third-order valence-electron chi connectivity index (χ3n) is 3.65. The van der Waals surface area contributed by atoms with E-state index >= 15 is 0 Å². The number of rotatable bonds is 8. The molecule has 1 aliphatic rings. The summed E-state index contributed by atoms with van der Waals surface area (Å²) >= 11 is 6.92. The Labute approximate surface area is 164 Å². The number of hydrogen-bond acceptors (Lipinski definition) is 7. The van der Waals surface area contributed by atoms with E-state index in [1.54, 1.807) is 26.0 Å². The molecule has 10 heteroatoms. The highest BCUT2D eigenvalue weighted by atomic mass is 35.5. The highest BCUT2D eigenvalue weighted by molar-refractivity contribution is 7.18. The maximum Gasteiger partial charge on any atom is 0.338 e. The third-order valence-corrected chi connectivity index (χ3v) is 4.92. The number of Topliss-reactive ketones (excluding diaryl/α,β-unsaturated/α-hetero) is 1. The zero-order valence-corrected chi connectivity index (χ0v) is 16.4. The lowest BCUT2D eigenvalue weighted by atomic mass is 10.0. The highest BCUT2D eigenvalue weighted by Gasteiger charge is 2.30. The summed E-state index contributed by atoms with van der Waals surface area (Å²) in [5.74, 6) is -1.44. The van der Waals surface area contributed by atoms with E-state index in [4.69, 9.17) is 21.1 Å². The topological polar surface area (TPSA) is 111 Å². The van der Waals surface area contributed by atoms with E-state index in [2.05, 4.69) is 10.6 Å². The summed E-state index contributed by atoms with van der Waals surface area (Å²) < 4.78 is 10.6. The molecule has 0 aromatic carbocycles. The van der Waals surface area contributed by atoms with Gasteiger partial charge in [-0.2, -0.15) is 0 Å². The molecule has 0 saturated heterocycles. The standard InChI is InChI=1S/C17H19ClN2O6S/c1-3-25-16(23)15-9(2)19-17(24)20-10(15)8-26-14(22)7-4-11(21)12-5-6-13(18)27-12/h5-6,9H,3-4,7-8H2,1-2H3,(H2,19,20,24)/t9-/m1/s1. The van der Waals surface area contributed by atoms with Gasteiger partial charge in [-0.3, -0.25) is 9.59 Å². The van der Waals surface area contributed by atoms with Crippen LogP contribution < -0.4 is 10.6 Å². The van der Waals surface area contributed by atoms with Crippen LogP contribution >= 0.6 is 22.9 Å². The fourth-order valence-corrected chi connectivity index (χ4v) is 3.43. The molecule has 146 valence electrons. The summed E-state index contributed by atoms with van der Waals surface area (Å²) in [7, 11) is 0. The highest BCUT2D eigenvalue weighted by Crippen LogP contribution is 2.23. The van der Waals surface area contributed by atoms with Gasteiger partial charge < -0.3 is 20.1 Å². The number of ether oxygens (including phenoxy) is 2. The molecule has 0 fully saturated rings. The van der Waals surface area contributed by atoms with Crippen molar-refractivity contribution in [2.24, 2.45) is 0 Å². The minimum absolute atomic E-state index is 0.0240. The smallest absolute Gasteiger partial charge is 0.338 e. The van der Waals surface area contributed by atoms with Gasteiger partial charge in [0.1, 0.15) is 6.61 Å². The van der Waals surface area contributed by atoms with Gasteiger partial charge in [-0.05, 0) is 26.0 Å². The summed E-state index contributed by atoms with van der Waals surface area (Å²) in [5, 5.41) is 5.00. The van der Waals surface area contributed by atoms with Crippen molar-refractivity contribution in [3.05, 3.63) is 32.6 Å². The average molecular weight is 415 g/mol. The Hall–Kier alpha value is -2.39. The molecule has 2 N–H and O–H groups in total. The monoisotopic (exact) mass is 414 g/mol. The lowest BCUT2D eigenvalue weighted by molar-refractivity contribution is -0.143. The predicted molar refractivity (Wildman–Crippen MR) is 98.6 cm³/mol. The van der Waals surface area contributed by atoms with E-state index in [0.29, 0.717) is 9.21 Å². The van der Waals surface area contributed by atoms with Gasteiger partial charge in [0.25, 0.3) is 0 Å². The molecule has 8 nitrogen and oxygen atoms in total. The number of urea groups is 1. The number of carbonyl (C=O) groups excluding carboxylic acids is 4. The minimum Gasteiger partial charge on any atom is -0.463 e. The largest absolute Gasteiger partial charge is 0.463 e. The molecule has 1 aliphatic heterocycles. The summed E-state index contributed by atoms with van der Waals surface area (Å²) in [6, 6.07) is 2.12. The summed E-state index contributed by atoms with van der Waals surface area (Å²) in [5.41, 5.74) is 0.350. The zero-order valence-electron chi connectivity index (χ0n) is 14.8. The molecule has 1 atom stereocenters. The number of thiophene rings is 1. The van der Waals surface area contributed by atoms with E-state index in [0.717, 1.165) is 11.3 Å². The Balaban J connectivity index is 1.94. The van der Waals surface area contributed by atoms with Gasteiger partial charge in [0.2, 0.25) is 0 Å². The Bertz CT molecular complexity index is 788. The SMILES string of the molecule is CCOC(=O)C1=C(COC(=O)CCC(=O)c2ccc(Cl)s2)NC(=O)N[C@@H]1C. The molecule has 0 unspecified atom stereocenters. The Morgan fingerprint density at radius 1 is 1.22 bits per heavy atom. The van der Waals surface area contributed by atoms with Crippen LogP contribution in [0.5, 0.6) is 0 Å². The average Bonchev–Trinajstić information content (AvgIpc) is 3.04. The first-order chi connectivity index (χ1) is 12.8. The first-order valence-electron chi connectivity index (χ1n) is 8.23. The van der Waals surface area contributed by atoms with Gasteiger partial charge in [0, 0.05) is 6.42 Å². The molecule has 2 heterocycles. The molecule has 1 aromatic rings. The first-order valence-corrected chi connectivity index (χ1v) is 9.43. The maximum atomic E-state index is 12.1. The van der Waals surface area contributed by atoms with Gasteiger partial charge in [0.15, 0.2) is 5.78 Å². The van der Waals surface area contributed by atoms with Crippen LogP contribution in [-0.4, -0.2) is 43.0 Å². The second kappa shape index (κ2) is 9.52. The van der Waals surface area contributed by atoms with Crippen LogP contribution in [0.1, 0.15) is 36.4 Å². The maximum absolute atomic E-state index is 12.1. The van der Waals surface area contributed by atoms with Crippen LogP contribution in [0.25, 0.3) is 0 Å². The molecule has 0 bridgehead atoms. The number of amides is 2. The summed E-state index contributed by atoms with van der Waals surface area (Å²) in [6.07, 6.45) is -0.151. The second-order valence-electron chi connectivity index (χ2n) is 5.62. The Morgan fingerprint density at radius 3 is 2.59 bits per heavy atom. The predicted octanol–water partition coefficient (Wildman–Crippen LogP) is 2.43. The number of ketones is 1. The Kier molecular flexibility index (Phi) is 7.37. The molecular weight excluding hydrogens is 396 g/mol. The van der Waals surface area contributed by atoms with Crippen LogP contribution in [0.15, 0.2) is 23.4 Å². The van der Waals surface area contributed by atoms with Crippen LogP contribution in [0, 0.1) is 0 Å². The molecule has 2 rings (SSSR count). The molecule has 1 aromatic heterocycles. The van der Waals surface area contributed by atoms with Gasteiger partial charge in [0.05, 0.1) is 39.6 Å². The molecule has 27 heavy (non-hydrogen) atoms. The molecule has 2 amide bonds. The summed E-state index contributed by atoms with van der Waals surface area (Å²) in [6.45, 7) is 3.15. The molecule has 0 saturated carbocycles. The van der Waals surface area contributed by atoms with Crippen molar-refractivity contribution in [2.45, 2.75) is 32.7 Å². The number of carbonyl (C=O) groups is 4. The zero-order chi connectivity index (χ0) is 20.0. The molecule has 0 aliphatic carbocycles. The molecular formula is C17H19ClN2O6S. The molecule has 0 radical (unpaired) electrons. The van der Waals surface area contributed by atoms with E-state index in [1.165, 1.54) is 0 Å². The minimum atomic E-state index is -0.623.